The molecule has 0 spiro atoms. The van der Waals surface area contributed by atoms with E-state index in [0.717, 1.165) is 41.9 Å². The van der Waals surface area contributed by atoms with Gasteiger partial charge in [-0.2, -0.15) is 5.10 Å². The topological polar surface area (TPSA) is 99.3 Å². The van der Waals surface area contributed by atoms with Crippen molar-refractivity contribution in [3.8, 4) is 11.4 Å². The van der Waals surface area contributed by atoms with Crippen LogP contribution < -0.4 is 10.1 Å². The molecule has 1 N–H and O–H groups in total. The molecule has 1 amide bonds. The van der Waals surface area contributed by atoms with Crippen LogP contribution in [0, 0.1) is 10.1 Å². The number of non-ortho nitro benzene ring substituents is 1. The largest absolute Gasteiger partial charge is 0.493 e. The summed E-state index contributed by atoms with van der Waals surface area (Å²) in [5.41, 5.74) is 3.94. The fourth-order valence-corrected chi connectivity index (χ4v) is 4.09. The number of fused-ring (bicyclic) bond motifs is 1. The molecule has 2 heterocycles. The molecule has 0 radical (unpaired) electrons. The molecule has 5 rings (SSSR count). The minimum absolute atomic E-state index is 0.00461. The molecule has 0 aliphatic carbocycles. The van der Waals surface area contributed by atoms with E-state index in [1.165, 1.54) is 16.8 Å². The van der Waals surface area contributed by atoms with Crippen LogP contribution in [-0.4, -0.2) is 27.2 Å². The molecule has 1 unspecified atom stereocenters. The zero-order chi connectivity index (χ0) is 23.5. The van der Waals surface area contributed by atoms with Gasteiger partial charge in [0.05, 0.1) is 23.3 Å². The summed E-state index contributed by atoms with van der Waals surface area (Å²) >= 11 is 0. The van der Waals surface area contributed by atoms with Gasteiger partial charge in [-0.15, -0.1) is 0 Å². The predicted octanol–water partition coefficient (Wildman–Crippen LogP) is 4.62. The van der Waals surface area contributed by atoms with Gasteiger partial charge in [-0.25, -0.2) is 4.68 Å². The van der Waals surface area contributed by atoms with Crippen molar-refractivity contribution in [1.82, 2.24) is 15.1 Å². The van der Waals surface area contributed by atoms with Gasteiger partial charge in [-0.05, 0) is 59.9 Å². The van der Waals surface area contributed by atoms with E-state index in [9.17, 15) is 14.9 Å². The minimum atomic E-state index is -0.456. The van der Waals surface area contributed by atoms with Crippen LogP contribution in [0.1, 0.15) is 39.6 Å². The number of carbonyl (C=O) groups is 1. The summed E-state index contributed by atoms with van der Waals surface area (Å²) in [6.45, 7) is 0.725. The van der Waals surface area contributed by atoms with E-state index in [4.69, 9.17) is 4.74 Å². The van der Waals surface area contributed by atoms with Gasteiger partial charge in [0.1, 0.15) is 5.75 Å². The summed E-state index contributed by atoms with van der Waals surface area (Å²) < 4.78 is 7.26. The van der Waals surface area contributed by atoms with E-state index in [1.54, 1.807) is 24.4 Å². The van der Waals surface area contributed by atoms with E-state index < -0.39 is 4.92 Å². The van der Waals surface area contributed by atoms with E-state index in [0.29, 0.717) is 5.69 Å². The zero-order valence-corrected chi connectivity index (χ0v) is 18.3. The van der Waals surface area contributed by atoms with Crippen LogP contribution in [0.4, 0.5) is 5.69 Å². The predicted molar refractivity (Wildman–Crippen MR) is 126 cm³/mol. The average molecular weight is 454 g/mol. The van der Waals surface area contributed by atoms with Crippen molar-refractivity contribution in [2.75, 3.05) is 6.61 Å². The van der Waals surface area contributed by atoms with Crippen LogP contribution in [0.15, 0.2) is 85.1 Å². The molecule has 8 nitrogen and oxygen atoms in total. The Morgan fingerprint density at radius 1 is 1.03 bits per heavy atom. The second kappa shape index (κ2) is 9.19. The molecule has 1 aliphatic heterocycles. The highest BCUT2D eigenvalue weighted by atomic mass is 16.6. The maximum Gasteiger partial charge on any atom is 0.272 e. The van der Waals surface area contributed by atoms with Crippen molar-refractivity contribution >= 4 is 11.6 Å². The number of hydrogen-bond donors (Lipinski definition) is 1. The van der Waals surface area contributed by atoms with Crippen molar-refractivity contribution in [3.63, 3.8) is 0 Å². The van der Waals surface area contributed by atoms with Gasteiger partial charge in [-0.1, -0.05) is 36.4 Å². The fourth-order valence-electron chi connectivity index (χ4n) is 4.09. The number of aromatic nitrogens is 2. The van der Waals surface area contributed by atoms with Gasteiger partial charge in [0, 0.05) is 18.3 Å². The molecule has 4 aromatic rings. The quantitative estimate of drug-likeness (QED) is 0.338. The van der Waals surface area contributed by atoms with Crippen LogP contribution >= 0.6 is 0 Å². The van der Waals surface area contributed by atoms with Gasteiger partial charge in [0.2, 0.25) is 0 Å². The molecule has 0 saturated carbocycles. The average Bonchev–Trinajstić information content (AvgIpc) is 3.38. The molecule has 170 valence electrons. The molecular weight excluding hydrogens is 432 g/mol. The summed E-state index contributed by atoms with van der Waals surface area (Å²) in [7, 11) is 0. The Bertz CT molecular complexity index is 1330. The highest BCUT2D eigenvalue weighted by molar-refractivity contribution is 5.92. The van der Waals surface area contributed by atoms with Crippen molar-refractivity contribution < 1.29 is 14.5 Å². The number of nitro benzene ring substituents is 1. The first-order valence-corrected chi connectivity index (χ1v) is 11.0. The summed E-state index contributed by atoms with van der Waals surface area (Å²) in [4.78, 5) is 23.6. The molecular formula is C26H22N4O4. The lowest BCUT2D eigenvalue weighted by Gasteiger charge is -2.23. The number of ether oxygens (including phenoxy) is 1. The lowest BCUT2D eigenvalue weighted by Crippen LogP contribution is -2.30. The number of nitrogens with one attached hydrogen (secondary N) is 1. The molecule has 0 bridgehead atoms. The summed E-state index contributed by atoms with van der Waals surface area (Å²) in [6.07, 6.45) is 3.57. The number of rotatable bonds is 6. The summed E-state index contributed by atoms with van der Waals surface area (Å²) in [5.74, 6) is 0.582. The second-order valence-corrected chi connectivity index (χ2v) is 8.06. The van der Waals surface area contributed by atoms with E-state index in [2.05, 4.69) is 16.5 Å². The number of carbonyl (C=O) groups excluding carboxylic acids is 1. The molecule has 1 atom stereocenters. The number of hydrogen-bond acceptors (Lipinski definition) is 5. The number of benzene rings is 3. The van der Waals surface area contributed by atoms with Gasteiger partial charge < -0.3 is 10.1 Å². The number of nitrogens with zero attached hydrogens (tertiary/aromatic N) is 3. The Morgan fingerprint density at radius 3 is 2.59 bits per heavy atom. The normalized spacial score (nSPS) is 13.4. The van der Waals surface area contributed by atoms with Crippen molar-refractivity contribution in [1.29, 1.82) is 0 Å². The zero-order valence-electron chi connectivity index (χ0n) is 18.3. The van der Waals surface area contributed by atoms with Gasteiger partial charge in [0.25, 0.3) is 11.6 Å². The molecule has 8 heteroatoms. The first-order chi connectivity index (χ1) is 16.6. The van der Waals surface area contributed by atoms with Crippen LogP contribution in [-0.2, 0) is 6.42 Å². The Hall–Kier alpha value is -4.46. The van der Waals surface area contributed by atoms with Crippen LogP contribution in [0.2, 0.25) is 0 Å². The maximum absolute atomic E-state index is 13.2. The Balaban J connectivity index is 1.41. The molecule has 34 heavy (non-hydrogen) atoms. The lowest BCUT2D eigenvalue weighted by molar-refractivity contribution is -0.384. The third kappa shape index (κ3) is 4.38. The second-order valence-electron chi connectivity index (χ2n) is 8.06. The number of amides is 1. The molecule has 3 aromatic carbocycles. The highest BCUT2D eigenvalue weighted by Gasteiger charge is 2.21. The Labute approximate surface area is 196 Å². The third-order valence-electron chi connectivity index (χ3n) is 5.82. The van der Waals surface area contributed by atoms with Gasteiger partial charge in [-0.3, -0.25) is 14.9 Å². The number of aryl methyl sites for hydroxylation is 1. The molecule has 0 fully saturated rings. The molecule has 1 aromatic heterocycles. The van der Waals surface area contributed by atoms with E-state index >= 15 is 0 Å². The molecule has 0 saturated heterocycles. The minimum Gasteiger partial charge on any atom is -0.493 e. The van der Waals surface area contributed by atoms with Crippen molar-refractivity contribution in [3.05, 3.63) is 118 Å². The Kier molecular flexibility index (Phi) is 5.78. The van der Waals surface area contributed by atoms with E-state index in [1.807, 2.05) is 42.5 Å². The smallest absolute Gasteiger partial charge is 0.272 e. The standard InChI is InChI=1S/C26H22N4O4/c31-26(23-14-15-29(28-23)21-9-11-22(12-10-21)30(32)33)27-25(18-5-2-1-3-6-18)20-8-13-24-19(17-20)7-4-16-34-24/h1-3,5-6,8-15,17,25H,4,7,16H2,(H,27,31). The lowest BCUT2D eigenvalue weighted by atomic mass is 9.94. The monoisotopic (exact) mass is 454 g/mol. The van der Waals surface area contributed by atoms with Gasteiger partial charge in [0.15, 0.2) is 5.69 Å². The first-order valence-electron chi connectivity index (χ1n) is 11.0. The molecule has 1 aliphatic rings. The summed E-state index contributed by atoms with van der Waals surface area (Å²) in [6, 6.07) is 23.1. The number of nitro groups is 1. The SMILES string of the molecule is O=C(NC(c1ccccc1)c1ccc2c(c1)CCCO2)c1ccn(-c2ccc([N+](=O)[O-])cc2)n1. The van der Waals surface area contributed by atoms with Crippen LogP contribution in [0.5, 0.6) is 5.75 Å². The van der Waals surface area contributed by atoms with E-state index in [-0.39, 0.29) is 23.3 Å². The van der Waals surface area contributed by atoms with Crippen molar-refractivity contribution in [2.45, 2.75) is 18.9 Å². The van der Waals surface area contributed by atoms with Gasteiger partial charge >= 0.3 is 0 Å². The first kappa shape index (κ1) is 21.4. The van der Waals surface area contributed by atoms with Crippen molar-refractivity contribution in [2.24, 2.45) is 0 Å². The fraction of sp³-hybridized carbons (Fsp3) is 0.154. The highest BCUT2D eigenvalue weighted by Crippen LogP contribution is 2.30. The summed E-state index contributed by atoms with van der Waals surface area (Å²) in [5, 5.41) is 18.4. The van der Waals surface area contributed by atoms with Crippen LogP contribution in [0.3, 0.4) is 0 Å². The third-order valence-corrected chi connectivity index (χ3v) is 5.82. The van der Waals surface area contributed by atoms with Crippen LogP contribution in [0.25, 0.3) is 5.69 Å². The Morgan fingerprint density at radius 2 is 1.82 bits per heavy atom. The maximum atomic E-state index is 13.2.